The van der Waals surface area contributed by atoms with Gasteiger partial charge in [-0.2, -0.15) is 0 Å². The van der Waals surface area contributed by atoms with E-state index >= 15 is 0 Å². The molecule has 0 aromatic heterocycles. The number of halogens is 1. The van der Waals surface area contributed by atoms with Crippen molar-refractivity contribution in [2.75, 3.05) is 6.54 Å². The molecule has 1 saturated carbocycles. The fourth-order valence-electron chi connectivity index (χ4n) is 4.10. The number of amides is 2. The first-order valence-corrected chi connectivity index (χ1v) is 10.0. The number of nitrogens with zero attached hydrogens (tertiary/aromatic N) is 1. The van der Waals surface area contributed by atoms with Crippen molar-refractivity contribution >= 4 is 11.8 Å². The maximum Gasteiger partial charge on any atom is 0.243 e. The van der Waals surface area contributed by atoms with Gasteiger partial charge >= 0.3 is 0 Å². The molecule has 146 valence electrons. The largest absolute Gasteiger partial charge is 0.350 e. The summed E-state index contributed by atoms with van der Waals surface area (Å²) in [5.41, 5.74) is 1.89. The lowest BCUT2D eigenvalue weighted by Crippen LogP contribution is -2.47. The molecule has 1 N–H and O–H groups in total. The van der Waals surface area contributed by atoms with Crippen LogP contribution in [0.25, 0.3) is 0 Å². The highest BCUT2D eigenvalue weighted by atomic mass is 19.1. The lowest BCUT2D eigenvalue weighted by atomic mass is 9.92. The highest BCUT2D eigenvalue weighted by molar-refractivity contribution is 5.91. The van der Waals surface area contributed by atoms with Crippen molar-refractivity contribution in [1.82, 2.24) is 10.2 Å². The van der Waals surface area contributed by atoms with Crippen LogP contribution in [0, 0.1) is 11.7 Å². The first-order chi connectivity index (χ1) is 13.6. The first-order valence-electron chi connectivity index (χ1n) is 10.0. The van der Waals surface area contributed by atoms with Gasteiger partial charge in [0.05, 0.1) is 5.92 Å². The summed E-state index contributed by atoms with van der Waals surface area (Å²) in [7, 11) is 0. The molecule has 4 rings (SSSR count). The van der Waals surface area contributed by atoms with E-state index in [0.717, 1.165) is 30.4 Å². The molecule has 1 aliphatic heterocycles. The highest BCUT2D eigenvalue weighted by Crippen LogP contribution is 2.44. The third-order valence-corrected chi connectivity index (χ3v) is 5.74. The van der Waals surface area contributed by atoms with E-state index in [1.807, 2.05) is 30.3 Å². The zero-order chi connectivity index (χ0) is 19.5. The normalized spacial score (nSPS) is 20.0. The standard InChI is InChI=1S/C23H25FN2O2/c24-19-12-10-18(11-13-19)21(17-8-9-17)23(28)26-14-4-7-20(26)22(27)25-15-16-5-2-1-3-6-16/h1-3,5-6,10-13,17,20-21H,4,7-9,14-15H2,(H,25,27)/t20-,21?/m0/s1. The van der Waals surface area contributed by atoms with Gasteiger partial charge in [-0.1, -0.05) is 42.5 Å². The maximum absolute atomic E-state index is 13.4. The molecule has 0 radical (unpaired) electrons. The summed E-state index contributed by atoms with van der Waals surface area (Å²) >= 11 is 0. The molecule has 5 heteroatoms. The van der Waals surface area contributed by atoms with Gasteiger partial charge in [0, 0.05) is 13.1 Å². The second kappa shape index (κ2) is 8.13. The van der Waals surface area contributed by atoms with Crippen molar-refractivity contribution in [3.63, 3.8) is 0 Å². The number of likely N-dealkylation sites (tertiary alicyclic amines) is 1. The van der Waals surface area contributed by atoms with E-state index in [-0.39, 0.29) is 23.5 Å². The molecule has 0 spiro atoms. The van der Waals surface area contributed by atoms with Gasteiger partial charge in [-0.3, -0.25) is 9.59 Å². The topological polar surface area (TPSA) is 49.4 Å². The molecule has 2 fully saturated rings. The predicted molar refractivity (Wildman–Crippen MR) is 105 cm³/mol. The SMILES string of the molecule is O=C(NCc1ccccc1)[C@@H]1CCCN1C(=O)C(c1ccc(F)cc1)C1CC1. The fraction of sp³-hybridized carbons (Fsp3) is 0.391. The second-order valence-corrected chi connectivity index (χ2v) is 7.76. The average Bonchev–Trinajstić information content (AvgIpc) is 3.42. The summed E-state index contributed by atoms with van der Waals surface area (Å²) in [5.74, 6) is -0.366. The van der Waals surface area contributed by atoms with E-state index in [4.69, 9.17) is 0 Å². The predicted octanol–water partition coefficient (Wildman–Crippen LogP) is 3.63. The number of carbonyl (C=O) groups is 2. The molecule has 1 aliphatic carbocycles. The molecule has 1 unspecified atom stereocenters. The van der Waals surface area contributed by atoms with Crippen molar-refractivity contribution in [2.45, 2.75) is 44.2 Å². The molecular formula is C23H25FN2O2. The molecule has 2 aromatic rings. The number of nitrogens with one attached hydrogen (secondary N) is 1. The number of carbonyl (C=O) groups excluding carboxylic acids is 2. The van der Waals surface area contributed by atoms with E-state index in [9.17, 15) is 14.0 Å². The van der Waals surface area contributed by atoms with Crippen molar-refractivity contribution < 1.29 is 14.0 Å². The lowest BCUT2D eigenvalue weighted by Gasteiger charge is -2.28. The van der Waals surface area contributed by atoms with Crippen molar-refractivity contribution in [1.29, 1.82) is 0 Å². The van der Waals surface area contributed by atoms with Crippen LogP contribution >= 0.6 is 0 Å². The Hall–Kier alpha value is -2.69. The molecule has 2 atom stereocenters. The molecule has 1 heterocycles. The molecule has 2 aliphatic rings. The molecule has 2 amide bonds. The molecule has 2 aromatic carbocycles. The van der Waals surface area contributed by atoms with Crippen LogP contribution in [-0.4, -0.2) is 29.3 Å². The van der Waals surface area contributed by atoms with E-state index in [2.05, 4.69) is 5.32 Å². The quantitative estimate of drug-likeness (QED) is 0.832. The third kappa shape index (κ3) is 4.08. The Morgan fingerprint density at radius 1 is 1.04 bits per heavy atom. The average molecular weight is 380 g/mol. The zero-order valence-corrected chi connectivity index (χ0v) is 15.8. The molecule has 1 saturated heterocycles. The number of rotatable bonds is 6. The van der Waals surface area contributed by atoms with Crippen LogP contribution in [0.1, 0.15) is 42.7 Å². The second-order valence-electron chi connectivity index (χ2n) is 7.76. The molecule has 4 nitrogen and oxygen atoms in total. The smallest absolute Gasteiger partial charge is 0.243 e. The summed E-state index contributed by atoms with van der Waals surface area (Å²) in [4.78, 5) is 27.9. The van der Waals surface area contributed by atoms with Crippen LogP contribution < -0.4 is 5.32 Å². The maximum atomic E-state index is 13.4. The Morgan fingerprint density at radius 3 is 2.43 bits per heavy atom. The van der Waals surface area contributed by atoms with Gasteiger partial charge in [0.15, 0.2) is 0 Å². The van der Waals surface area contributed by atoms with Crippen molar-refractivity contribution in [3.8, 4) is 0 Å². The fourth-order valence-corrected chi connectivity index (χ4v) is 4.10. The highest BCUT2D eigenvalue weighted by Gasteiger charge is 2.43. The van der Waals surface area contributed by atoms with Crippen LogP contribution in [0.5, 0.6) is 0 Å². The molecular weight excluding hydrogens is 355 g/mol. The van der Waals surface area contributed by atoms with E-state index in [1.54, 1.807) is 17.0 Å². The Morgan fingerprint density at radius 2 is 1.75 bits per heavy atom. The third-order valence-electron chi connectivity index (χ3n) is 5.74. The molecule has 0 bridgehead atoms. The Balaban J connectivity index is 1.46. The molecule has 28 heavy (non-hydrogen) atoms. The van der Waals surface area contributed by atoms with Crippen LogP contribution in [0.3, 0.4) is 0 Å². The Labute approximate surface area is 164 Å². The van der Waals surface area contributed by atoms with Gasteiger partial charge in [-0.05, 0) is 54.9 Å². The summed E-state index contributed by atoms with van der Waals surface area (Å²) in [5, 5.41) is 2.97. The van der Waals surface area contributed by atoms with Gasteiger partial charge in [0.2, 0.25) is 11.8 Å². The minimum atomic E-state index is -0.419. The number of hydrogen-bond donors (Lipinski definition) is 1. The van der Waals surface area contributed by atoms with Gasteiger partial charge in [-0.25, -0.2) is 4.39 Å². The van der Waals surface area contributed by atoms with E-state index in [0.29, 0.717) is 25.4 Å². The summed E-state index contributed by atoms with van der Waals surface area (Å²) in [6.45, 7) is 1.06. The summed E-state index contributed by atoms with van der Waals surface area (Å²) < 4.78 is 13.3. The number of hydrogen-bond acceptors (Lipinski definition) is 2. The van der Waals surface area contributed by atoms with E-state index < -0.39 is 6.04 Å². The van der Waals surface area contributed by atoms with Crippen molar-refractivity contribution in [2.24, 2.45) is 5.92 Å². The van der Waals surface area contributed by atoms with Gasteiger partial charge in [-0.15, -0.1) is 0 Å². The Bertz CT molecular complexity index is 833. The van der Waals surface area contributed by atoms with Crippen LogP contribution in [-0.2, 0) is 16.1 Å². The number of benzene rings is 2. The van der Waals surface area contributed by atoms with Gasteiger partial charge in [0.1, 0.15) is 11.9 Å². The van der Waals surface area contributed by atoms with Crippen LogP contribution in [0.15, 0.2) is 54.6 Å². The monoisotopic (exact) mass is 380 g/mol. The Kier molecular flexibility index (Phi) is 5.42. The first kappa shape index (κ1) is 18.7. The summed E-state index contributed by atoms with van der Waals surface area (Å²) in [6.07, 6.45) is 3.53. The van der Waals surface area contributed by atoms with Gasteiger partial charge in [0.25, 0.3) is 0 Å². The lowest BCUT2D eigenvalue weighted by molar-refractivity contribution is -0.140. The van der Waals surface area contributed by atoms with Crippen molar-refractivity contribution in [3.05, 3.63) is 71.5 Å². The van der Waals surface area contributed by atoms with Crippen LogP contribution in [0.4, 0.5) is 4.39 Å². The summed E-state index contributed by atoms with van der Waals surface area (Å²) in [6, 6.07) is 15.6. The minimum absolute atomic E-state index is 0.00599. The zero-order valence-electron chi connectivity index (χ0n) is 15.8. The van der Waals surface area contributed by atoms with E-state index in [1.165, 1.54) is 12.1 Å². The van der Waals surface area contributed by atoms with Gasteiger partial charge < -0.3 is 10.2 Å². The van der Waals surface area contributed by atoms with Crippen LogP contribution in [0.2, 0.25) is 0 Å². The minimum Gasteiger partial charge on any atom is -0.350 e.